The van der Waals surface area contributed by atoms with Crippen LogP contribution in [0.15, 0.2) is 29.2 Å². The first-order valence-electron chi connectivity index (χ1n) is 13.5. The topological polar surface area (TPSA) is 119 Å². The summed E-state index contributed by atoms with van der Waals surface area (Å²) in [5, 5.41) is 6.24. The lowest BCUT2D eigenvalue weighted by Crippen LogP contribution is -2.29. The summed E-state index contributed by atoms with van der Waals surface area (Å²) >= 11 is 5.02. The molecule has 0 spiro atoms. The van der Waals surface area contributed by atoms with Gasteiger partial charge in [0, 0.05) is 26.7 Å². The molecule has 1 fully saturated rings. The van der Waals surface area contributed by atoms with E-state index < -0.39 is 39.6 Å². The SMILES string of the molecule is [2H]C([3H])OC[C@H]1O[C@@H](n2cc3c(nc2=O)Nc2c(OCCCNC(C)=S)cccc2O3)C[C@H]1OP(C)OCC[N+]#[C-]. The fraction of sp³-hybridized carbons (Fsp3) is 0.520. The number of nitrogens with one attached hydrogen (secondary N) is 2. The Labute approximate surface area is 236 Å². The number of rotatable bonds is 13. The van der Waals surface area contributed by atoms with Crippen molar-refractivity contribution in [2.75, 3.05) is 52.0 Å². The maximum Gasteiger partial charge on any atom is 0.351 e. The number of aromatic nitrogens is 2. The first-order chi connectivity index (χ1) is 19.7. The van der Waals surface area contributed by atoms with Gasteiger partial charge in [-0.2, -0.15) is 4.98 Å². The zero-order valence-electron chi connectivity index (χ0n) is 23.6. The Hall–Kier alpha value is -2.85. The Kier molecular flexibility index (Phi) is 9.46. The number of fused-ring (bicyclic) bond motifs is 2. The maximum absolute atomic E-state index is 13.1. The van der Waals surface area contributed by atoms with Crippen molar-refractivity contribution in [3.8, 4) is 17.2 Å². The minimum atomic E-state index is -1.50. The van der Waals surface area contributed by atoms with Crippen LogP contribution in [0.5, 0.6) is 17.2 Å². The summed E-state index contributed by atoms with van der Waals surface area (Å²) in [4.78, 5) is 21.3. The van der Waals surface area contributed by atoms with Gasteiger partial charge in [0.15, 0.2) is 25.7 Å². The Morgan fingerprint density at radius 2 is 2.36 bits per heavy atom. The van der Waals surface area contributed by atoms with E-state index >= 15 is 0 Å². The fourth-order valence-corrected chi connectivity index (χ4v) is 5.18. The third-order valence-electron chi connectivity index (χ3n) is 5.83. The highest BCUT2D eigenvalue weighted by molar-refractivity contribution is 7.80. The highest BCUT2D eigenvalue weighted by Crippen LogP contribution is 2.46. The summed E-state index contributed by atoms with van der Waals surface area (Å²) in [5.74, 6) is 1.65. The zero-order chi connectivity index (χ0) is 29.4. The molecule has 4 rings (SSSR count). The van der Waals surface area contributed by atoms with E-state index in [0.29, 0.717) is 36.1 Å². The average molecular weight is 581 g/mol. The molecule has 0 bridgehead atoms. The van der Waals surface area contributed by atoms with E-state index in [2.05, 4.69) is 20.5 Å². The third-order valence-corrected chi connectivity index (χ3v) is 7.09. The molecule has 0 saturated carbocycles. The molecule has 1 aromatic heterocycles. The molecular weight excluding hydrogens is 545 g/mol. The van der Waals surface area contributed by atoms with Crippen LogP contribution >= 0.6 is 20.6 Å². The van der Waals surface area contributed by atoms with E-state index in [1.165, 1.54) is 10.8 Å². The van der Waals surface area contributed by atoms with Crippen molar-refractivity contribution in [2.24, 2.45) is 0 Å². The van der Waals surface area contributed by atoms with E-state index in [0.717, 1.165) is 11.4 Å². The Morgan fingerprint density at radius 3 is 3.15 bits per heavy atom. The second-order valence-corrected chi connectivity index (χ2v) is 10.6. The first-order valence-corrected chi connectivity index (χ1v) is 14.3. The number of anilines is 2. The van der Waals surface area contributed by atoms with Crippen molar-refractivity contribution in [3.63, 3.8) is 0 Å². The summed E-state index contributed by atoms with van der Waals surface area (Å²) in [6.45, 7) is 12.0. The van der Waals surface area contributed by atoms with E-state index in [1.807, 2.05) is 13.0 Å². The van der Waals surface area contributed by atoms with Crippen LogP contribution in [-0.2, 0) is 18.5 Å². The van der Waals surface area contributed by atoms with Crippen LogP contribution in [0.3, 0.4) is 0 Å². The average Bonchev–Trinajstić information content (AvgIpc) is 3.32. The number of ether oxygens (including phenoxy) is 4. The highest BCUT2D eigenvalue weighted by Gasteiger charge is 2.39. The minimum Gasteiger partial charge on any atom is -0.491 e. The van der Waals surface area contributed by atoms with Gasteiger partial charge in [-0.25, -0.2) is 11.4 Å². The molecule has 2 aliphatic rings. The van der Waals surface area contributed by atoms with E-state index in [9.17, 15) is 4.79 Å². The van der Waals surface area contributed by atoms with E-state index in [4.69, 9.17) is 49.5 Å². The van der Waals surface area contributed by atoms with Gasteiger partial charge in [0.05, 0.1) is 33.2 Å². The molecule has 2 aliphatic heterocycles. The van der Waals surface area contributed by atoms with Crippen LogP contribution in [0.4, 0.5) is 11.5 Å². The molecule has 39 heavy (non-hydrogen) atoms. The number of para-hydroxylation sites is 1. The van der Waals surface area contributed by atoms with Crippen molar-refractivity contribution in [1.29, 1.82) is 0 Å². The van der Waals surface area contributed by atoms with Gasteiger partial charge in [-0.05, 0) is 25.5 Å². The van der Waals surface area contributed by atoms with Crippen molar-refractivity contribution >= 4 is 37.1 Å². The monoisotopic (exact) mass is 580 g/mol. The van der Waals surface area contributed by atoms with E-state index in [1.54, 1.807) is 18.8 Å². The summed E-state index contributed by atoms with van der Waals surface area (Å²) in [7, 11) is -2.83. The van der Waals surface area contributed by atoms with Gasteiger partial charge < -0.3 is 43.5 Å². The van der Waals surface area contributed by atoms with Crippen LogP contribution in [0.2, 0.25) is 0 Å². The number of thiocarbonyl (C=S) groups is 1. The summed E-state index contributed by atoms with van der Waals surface area (Å²) in [6, 6.07) is 5.40. The van der Waals surface area contributed by atoms with Crippen molar-refractivity contribution < 1.29 is 30.7 Å². The predicted molar refractivity (Wildman–Crippen MR) is 150 cm³/mol. The van der Waals surface area contributed by atoms with Crippen LogP contribution in [-0.4, -0.2) is 73.4 Å². The molecular formula is C25H32N5O7PS. The van der Waals surface area contributed by atoms with Gasteiger partial charge in [0.2, 0.25) is 6.54 Å². The molecule has 0 amide bonds. The molecule has 0 radical (unpaired) electrons. The molecule has 2 aromatic rings. The van der Waals surface area contributed by atoms with Crippen LogP contribution in [0, 0.1) is 6.57 Å². The fourth-order valence-electron chi connectivity index (χ4n) is 4.08. The Balaban J connectivity index is 1.46. The predicted octanol–water partition coefficient (Wildman–Crippen LogP) is 4.00. The number of benzene rings is 1. The normalized spacial score (nSPS) is 21.6. The van der Waals surface area contributed by atoms with Crippen molar-refractivity contribution in [3.05, 3.63) is 46.3 Å². The van der Waals surface area contributed by atoms with Gasteiger partial charge in [0.25, 0.3) is 0 Å². The molecule has 210 valence electrons. The molecule has 2 unspecified atom stereocenters. The second-order valence-electron chi connectivity index (χ2n) is 8.68. The molecule has 0 aliphatic carbocycles. The largest absolute Gasteiger partial charge is 0.491 e. The quantitative estimate of drug-likeness (QED) is 0.132. The number of hydrogen-bond donors (Lipinski definition) is 2. The molecule has 3 heterocycles. The minimum absolute atomic E-state index is 0.0768. The number of hydrogen-bond acceptors (Lipinski definition) is 10. The molecule has 12 nitrogen and oxygen atoms in total. The van der Waals surface area contributed by atoms with Gasteiger partial charge >= 0.3 is 5.69 Å². The molecule has 1 saturated heterocycles. The van der Waals surface area contributed by atoms with Crippen molar-refractivity contribution in [2.45, 2.75) is 38.2 Å². The Morgan fingerprint density at radius 1 is 1.49 bits per heavy atom. The summed E-state index contributed by atoms with van der Waals surface area (Å²) in [6.07, 6.45) is 0.592. The van der Waals surface area contributed by atoms with Crippen molar-refractivity contribution in [1.82, 2.24) is 14.9 Å². The van der Waals surface area contributed by atoms with E-state index in [-0.39, 0.29) is 32.0 Å². The van der Waals surface area contributed by atoms with Gasteiger partial charge in [-0.3, -0.25) is 4.57 Å². The third kappa shape index (κ3) is 7.63. The second kappa shape index (κ2) is 14.0. The first kappa shape index (κ1) is 26.4. The van der Waals surface area contributed by atoms with Gasteiger partial charge in [0.1, 0.15) is 30.4 Å². The molecule has 1 aromatic carbocycles. The smallest absolute Gasteiger partial charge is 0.351 e. The zero-order valence-corrected chi connectivity index (χ0v) is 23.3. The lowest BCUT2D eigenvalue weighted by Gasteiger charge is -2.24. The molecule has 5 atom stereocenters. The Bertz CT molecular complexity index is 1310. The van der Waals surface area contributed by atoms with Gasteiger partial charge in [-0.1, -0.05) is 18.3 Å². The number of methoxy groups -OCH3 is 1. The molecule has 14 heteroatoms. The molecule has 2 N–H and O–H groups in total. The maximum atomic E-state index is 13.1. The van der Waals surface area contributed by atoms with Crippen LogP contribution in [0.25, 0.3) is 4.85 Å². The highest BCUT2D eigenvalue weighted by atomic mass is 32.1. The summed E-state index contributed by atoms with van der Waals surface area (Å²) < 4.78 is 50.9. The lowest BCUT2D eigenvalue weighted by molar-refractivity contribution is -0.0511. The number of nitrogens with zero attached hydrogens (tertiary/aromatic N) is 3. The van der Waals surface area contributed by atoms with Gasteiger partial charge in [-0.15, -0.1) is 0 Å². The summed E-state index contributed by atoms with van der Waals surface area (Å²) in [5.41, 5.74) is 0.000770. The lowest BCUT2D eigenvalue weighted by atomic mass is 10.2. The van der Waals surface area contributed by atoms with Crippen LogP contribution in [0.1, 0.15) is 28.7 Å². The van der Waals surface area contributed by atoms with Crippen LogP contribution < -0.4 is 25.8 Å². The standard InChI is InChI=1S/C25H32N5O7PS/c1-16(39)27-9-6-11-33-17-7-5-8-18-23(17)28-24-20(35-18)14-30(25(31)29-24)22-13-19(21(36-22)15-32-3)37-38(4)34-12-10-26-2/h5,7-8,14,19,21-22H,6,9-13,15H2,1,3-4H3,(H,27,39)(H,28,29,31)/t19-,21-,22-,38?/m1/s1/i3TD/t3?,19-,21-,22-,38?.